The van der Waals surface area contributed by atoms with Gasteiger partial charge in [-0.2, -0.15) is 0 Å². The highest BCUT2D eigenvalue weighted by molar-refractivity contribution is 5.73. The van der Waals surface area contributed by atoms with E-state index in [0.717, 1.165) is 12.8 Å². The van der Waals surface area contributed by atoms with Crippen LogP contribution in [0.3, 0.4) is 0 Å². The predicted octanol–water partition coefficient (Wildman–Crippen LogP) is 7.50. The quantitative estimate of drug-likeness (QED) is 0.251. The van der Waals surface area contributed by atoms with Crippen molar-refractivity contribution in [3.05, 3.63) is 48.0 Å². The second-order valence-electron chi connectivity index (χ2n) is 7.46. The maximum atomic E-state index is 10.5. The van der Waals surface area contributed by atoms with E-state index in [0.29, 0.717) is 6.42 Å². The monoisotopic (exact) mass is 373 g/mol. The summed E-state index contributed by atoms with van der Waals surface area (Å²) in [6.45, 7) is 4.35. The number of benzene rings is 1. The van der Waals surface area contributed by atoms with Gasteiger partial charge in [0.1, 0.15) is 0 Å². The second-order valence-corrected chi connectivity index (χ2v) is 7.46. The Balaban J connectivity index is 0.000000797. The van der Waals surface area contributed by atoms with E-state index in [4.69, 9.17) is 5.73 Å². The van der Waals surface area contributed by atoms with Gasteiger partial charge in [0.05, 0.1) is 0 Å². The molecule has 1 aromatic rings. The number of carbonyl (C=O) groups excluding carboxylic acids is 1. The highest BCUT2D eigenvalue weighted by Gasteiger charge is 1.94. The van der Waals surface area contributed by atoms with Gasteiger partial charge in [-0.15, -0.1) is 0 Å². The number of aryl methyl sites for hydroxylation is 1. The summed E-state index contributed by atoms with van der Waals surface area (Å²) in [7, 11) is 0. The zero-order valence-corrected chi connectivity index (χ0v) is 17.9. The molecule has 1 rings (SSSR count). The van der Waals surface area contributed by atoms with Crippen molar-refractivity contribution >= 4 is 5.91 Å². The largest absolute Gasteiger partial charge is 0.370 e. The Morgan fingerprint density at radius 2 is 1.26 bits per heavy atom. The average molecular weight is 374 g/mol. The van der Waals surface area contributed by atoms with E-state index < -0.39 is 0 Å². The van der Waals surface area contributed by atoms with E-state index in [1.165, 1.54) is 76.2 Å². The van der Waals surface area contributed by atoms with E-state index in [9.17, 15) is 4.79 Å². The molecule has 0 saturated heterocycles. The molecule has 27 heavy (non-hydrogen) atoms. The minimum absolute atomic E-state index is 0.164. The Morgan fingerprint density at radius 3 is 1.70 bits per heavy atom. The first kappa shape index (κ1) is 25.4. The Kier molecular flexibility index (Phi) is 19.5. The van der Waals surface area contributed by atoms with Crippen molar-refractivity contribution in [1.82, 2.24) is 0 Å². The summed E-state index contributed by atoms with van der Waals surface area (Å²) in [5, 5.41) is 0. The van der Waals surface area contributed by atoms with Crippen LogP contribution in [0.5, 0.6) is 0 Å². The molecule has 0 aliphatic carbocycles. The lowest BCUT2D eigenvalue weighted by Gasteiger charge is -1.99. The summed E-state index contributed by atoms with van der Waals surface area (Å²) in [6.07, 6.45) is 21.9. The van der Waals surface area contributed by atoms with Gasteiger partial charge in [0.2, 0.25) is 5.91 Å². The van der Waals surface area contributed by atoms with Crippen molar-refractivity contribution in [3.63, 3.8) is 0 Å². The second kappa shape index (κ2) is 20.7. The minimum Gasteiger partial charge on any atom is -0.370 e. The molecule has 0 radical (unpaired) electrons. The van der Waals surface area contributed by atoms with E-state index >= 15 is 0 Å². The zero-order valence-electron chi connectivity index (χ0n) is 17.9. The first-order chi connectivity index (χ1) is 13.2. The third-order valence-corrected chi connectivity index (χ3v) is 4.63. The molecule has 0 spiro atoms. The van der Waals surface area contributed by atoms with Crippen LogP contribution in [0.2, 0.25) is 0 Å². The number of hydrogen-bond acceptors (Lipinski definition) is 1. The number of amides is 1. The first-order valence-corrected chi connectivity index (χ1v) is 11.1. The number of allylic oxidation sites excluding steroid dienone is 2. The maximum Gasteiger partial charge on any atom is 0.217 e. The predicted molar refractivity (Wildman–Crippen MR) is 120 cm³/mol. The number of primary amides is 1. The fraction of sp³-hybridized carbons (Fsp3) is 0.640. The standard InChI is InChI=1S/C18H35NO.C7H8/c1-2-3-4-5-6-7-8-9-10-11-12-13-14-15-16-17-18(19)20;1-7-5-3-2-4-6-7/h9-10H,2-8,11-17H2,1H3,(H2,19,20);2-6H,1H3/b10-9-;. The molecular formula is C25H43NO. The molecule has 2 nitrogen and oxygen atoms in total. The van der Waals surface area contributed by atoms with E-state index in [1.54, 1.807) is 0 Å². The number of nitrogens with two attached hydrogens (primary N) is 1. The van der Waals surface area contributed by atoms with Crippen molar-refractivity contribution in [2.24, 2.45) is 5.73 Å². The topological polar surface area (TPSA) is 43.1 Å². The molecule has 0 atom stereocenters. The molecular weight excluding hydrogens is 330 g/mol. The van der Waals surface area contributed by atoms with E-state index in [-0.39, 0.29) is 5.91 Å². The van der Waals surface area contributed by atoms with Gasteiger partial charge in [-0.3, -0.25) is 4.79 Å². The average Bonchev–Trinajstić information content (AvgIpc) is 2.66. The Bertz CT molecular complexity index is 453. The highest BCUT2D eigenvalue weighted by atomic mass is 16.1. The van der Waals surface area contributed by atoms with Crippen LogP contribution in [0.4, 0.5) is 0 Å². The molecule has 2 N–H and O–H groups in total. The number of hydrogen-bond donors (Lipinski definition) is 1. The summed E-state index contributed by atoms with van der Waals surface area (Å²) in [4.78, 5) is 10.5. The van der Waals surface area contributed by atoms with Crippen LogP contribution in [-0.4, -0.2) is 5.91 Å². The van der Waals surface area contributed by atoms with Crippen LogP contribution in [0.1, 0.15) is 102 Å². The van der Waals surface area contributed by atoms with Crippen LogP contribution in [0, 0.1) is 6.92 Å². The molecule has 0 saturated carbocycles. The van der Waals surface area contributed by atoms with Crippen LogP contribution in [-0.2, 0) is 4.79 Å². The Morgan fingerprint density at radius 1 is 0.778 bits per heavy atom. The van der Waals surface area contributed by atoms with Gasteiger partial charge in [-0.1, -0.05) is 106 Å². The lowest BCUT2D eigenvalue weighted by molar-refractivity contribution is -0.118. The van der Waals surface area contributed by atoms with E-state index in [2.05, 4.69) is 38.1 Å². The lowest BCUT2D eigenvalue weighted by atomic mass is 10.1. The summed E-state index contributed by atoms with van der Waals surface area (Å²) in [5.41, 5.74) is 6.42. The normalized spacial score (nSPS) is 10.6. The van der Waals surface area contributed by atoms with Crippen LogP contribution < -0.4 is 5.73 Å². The highest BCUT2D eigenvalue weighted by Crippen LogP contribution is 2.09. The Hall–Kier alpha value is -1.57. The molecule has 0 fully saturated rings. The molecule has 0 aromatic heterocycles. The SMILES string of the molecule is CCCCCCCC/C=C\CCCCCCCC(N)=O.Cc1ccccc1. The molecule has 2 heteroatoms. The lowest BCUT2D eigenvalue weighted by Crippen LogP contribution is -2.09. The zero-order chi connectivity index (χ0) is 20.0. The molecule has 0 aliphatic rings. The fourth-order valence-electron chi connectivity index (χ4n) is 2.90. The smallest absolute Gasteiger partial charge is 0.217 e. The third-order valence-electron chi connectivity index (χ3n) is 4.63. The van der Waals surface area contributed by atoms with Gasteiger partial charge in [-0.25, -0.2) is 0 Å². The molecule has 0 unspecified atom stereocenters. The van der Waals surface area contributed by atoms with Gasteiger partial charge in [0.25, 0.3) is 0 Å². The van der Waals surface area contributed by atoms with Gasteiger partial charge in [-0.05, 0) is 39.0 Å². The third kappa shape index (κ3) is 22.4. The van der Waals surface area contributed by atoms with Crippen LogP contribution in [0.25, 0.3) is 0 Å². The number of rotatable bonds is 15. The van der Waals surface area contributed by atoms with Crippen molar-refractivity contribution in [1.29, 1.82) is 0 Å². The van der Waals surface area contributed by atoms with Gasteiger partial charge >= 0.3 is 0 Å². The summed E-state index contributed by atoms with van der Waals surface area (Å²) >= 11 is 0. The van der Waals surface area contributed by atoms with Gasteiger partial charge in [0, 0.05) is 6.42 Å². The van der Waals surface area contributed by atoms with Crippen molar-refractivity contribution in [3.8, 4) is 0 Å². The molecule has 0 bridgehead atoms. The number of unbranched alkanes of at least 4 members (excludes halogenated alkanes) is 11. The molecule has 0 aliphatic heterocycles. The Labute approximate surface area is 168 Å². The van der Waals surface area contributed by atoms with Crippen LogP contribution >= 0.6 is 0 Å². The summed E-state index contributed by atoms with van der Waals surface area (Å²) in [6, 6.07) is 10.3. The summed E-state index contributed by atoms with van der Waals surface area (Å²) < 4.78 is 0. The van der Waals surface area contributed by atoms with E-state index in [1.807, 2.05) is 18.2 Å². The first-order valence-electron chi connectivity index (χ1n) is 11.1. The van der Waals surface area contributed by atoms with Gasteiger partial charge < -0.3 is 5.73 Å². The maximum absolute atomic E-state index is 10.5. The molecule has 0 heterocycles. The van der Waals surface area contributed by atoms with Gasteiger partial charge in [0.15, 0.2) is 0 Å². The minimum atomic E-state index is -0.164. The molecule has 1 aromatic carbocycles. The van der Waals surface area contributed by atoms with Crippen molar-refractivity contribution in [2.75, 3.05) is 0 Å². The summed E-state index contributed by atoms with van der Waals surface area (Å²) in [5.74, 6) is -0.164. The number of carbonyl (C=O) groups is 1. The molecule has 1 amide bonds. The van der Waals surface area contributed by atoms with Crippen molar-refractivity contribution < 1.29 is 4.79 Å². The fourth-order valence-corrected chi connectivity index (χ4v) is 2.90. The van der Waals surface area contributed by atoms with Crippen LogP contribution in [0.15, 0.2) is 42.5 Å². The van der Waals surface area contributed by atoms with Crippen molar-refractivity contribution in [2.45, 2.75) is 104 Å². The molecule has 154 valence electrons.